The second-order valence-electron chi connectivity index (χ2n) is 9.16. The standard InChI is InChI=1S/C30H30F4O/c1-3-5-6-7-22-13-14-23(28(32)27(22)31)20-9-11-21(12-10-20)24-15-16-25(30(34)29(24)33)26-17-8-19(4-2)18-35-26/h4,9-16,19,26H,2-3,5-8,17-18H2,1H3. The molecule has 0 aliphatic carbocycles. The van der Waals surface area contributed by atoms with Gasteiger partial charge in [0.15, 0.2) is 23.3 Å². The van der Waals surface area contributed by atoms with Crippen molar-refractivity contribution in [1.29, 1.82) is 0 Å². The second-order valence-corrected chi connectivity index (χ2v) is 9.16. The summed E-state index contributed by atoms with van der Waals surface area (Å²) in [5.41, 5.74) is 1.75. The van der Waals surface area contributed by atoms with Gasteiger partial charge in [0.25, 0.3) is 0 Å². The Hall–Kier alpha value is -2.92. The molecule has 1 heterocycles. The van der Waals surface area contributed by atoms with Gasteiger partial charge < -0.3 is 4.74 Å². The maximum Gasteiger partial charge on any atom is 0.167 e. The smallest absolute Gasteiger partial charge is 0.167 e. The number of ether oxygens (including phenoxy) is 1. The number of aryl methyl sites for hydroxylation is 1. The molecule has 0 bridgehead atoms. The Balaban J connectivity index is 1.55. The van der Waals surface area contributed by atoms with Gasteiger partial charge in [0.05, 0.1) is 12.7 Å². The monoisotopic (exact) mass is 482 g/mol. The van der Waals surface area contributed by atoms with Gasteiger partial charge in [-0.3, -0.25) is 0 Å². The van der Waals surface area contributed by atoms with Crippen LogP contribution < -0.4 is 0 Å². The fourth-order valence-corrected chi connectivity index (χ4v) is 4.64. The van der Waals surface area contributed by atoms with E-state index in [-0.39, 0.29) is 22.6 Å². The fourth-order valence-electron chi connectivity index (χ4n) is 4.64. The van der Waals surface area contributed by atoms with Crippen molar-refractivity contribution in [3.05, 3.63) is 95.6 Å². The zero-order valence-electron chi connectivity index (χ0n) is 19.9. The minimum Gasteiger partial charge on any atom is -0.373 e. The summed E-state index contributed by atoms with van der Waals surface area (Å²) < 4.78 is 65.0. The summed E-state index contributed by atoms with van der Waals surface area (Å²) in [7, 11) is 0. The van der Waals surface area contributed by atoms with E-state index in [1.54, 1.807) is 42.5 Å². The van der Waals surface area contributed by atoms with E-state index in [0.717, 1.165) is 25.7 Å². The fraction of sp³-hybridized carbons (Fsp3) is 0.333. The molecular formula is C30H30F4O. The molecule has 1 aliphatic heterocycles. The van der Waals surface area contributed by atoms with Crippen molar-refractivity contribution in [3.63, 3.8) is 0 Å². The third-order valence-electron chi connectivity index (χ3n) is 6.82. The highest BCUT2D eigenvalue weighted by Gasteiger charge is 2.26. The Morgan fingerprint density at radius 1 is 0.800 bits per heavy atom. The molecule has 3 aromatic carbocycles. The molecule has 1 nitrogen and oxygen atoms in total. The van der Waals surface area contributed by atoms with Gasteiger partial charge in [0.2, 0.25) is 0 Å². The molecule has 0 amide bonds. The summed E-state index contributed by atoms with van der Waals surface area (Å²) in [5, 5.41) is 0. The van der Waals surface area contributed by atoms with E-state index in [1.807, 2.05) is 6.08 Å². The van der Waals surface area contributed by atoms with Crippen molar-refractivity contribution < 1.29 is 22.3 Å². The lowest BCUT2D eigenvalue weighted by molar-refractivity contribution is -0.00732. The number of halogens is 4. The van der Waals surface area contributed by atoms with Crippen LogP contribution in [0, 0.1) is 29.2 Å². The maximum atomic E-state index is 15.0. The van der Waals surface area contributed by atoms with E-state index >= 15 is 4.39 Å². The van der Waals surface area contributed by atoms with Crippen molar-refractivity contribution in [3.8, 4) is 22.3 Å². The van der Waals surface area contributed by atoms with E-state index in [2.05, 4.69) is 13.5 Å². The van der Waals surface area contributed by atoms with Crippen molar-refractivity contribution in [2.45, 2.75) is 51.6 Å². The van der Waals surface area contributed by atoms with Crippen LogP contribution in [-0.4, -0.2) is 6.61 Å². The molecule has 0 spiro atoms. The second kappa shape index (κ2) is 11.2. The Morgan fingerprint density at radius 3 is 2.00 bits per heavy atom. The summed E-state index contributed by atoms with van der Waals surface area (Å²) in [6, 6.07) is 12.7. The van der Waals surface area contributed by atoms with Crippen LogP contribution in [0.5, 0.6) is 0 Å². The van der Waals surface area contributed by atoms with Crippen molar-refractivity contribution in [2.75, 3.05) is 6.61 Å². The number of hydrogen-bond donors (Lipinski definition) is 0. The van der Waals surface area contributed by atoms with E-state index in [9.17, 15) is 13.2 Å². The molecule has 0 radical (unpaired) electrons. The summed E-state index contributed by atoms with van der Waals surface area (Å²) in [5.74, 6) is -3.35. The lowest BCUT2D eigenvalue weighted by Gasteiger charge is -2.28. The summed E-state index contributed by atoms with van der Waals surface area (Å²) in [4.78, 5) is 0. The minimum absolute atomic E-state index is 0.107. The van der Waals surface area contributed by atoms with E-state index in [4.69, 9.17) is 4.74 Å². The quantitative estimate of drug-likeness (QED) is 0.177. The first-order valence-electron chi connectivity index (χ1n) is 12.2. The zero-order chi connectivity index (χ0) is 24.9. The van der Waals surface area contributed by atoms with Crippen LogP contribution >= 0.6 is 0 Å². The van der Waals surface area contributed by atoms with Crippen molar-refractivity contribution in [1.82, 2.24) is 0 Å². The van der Waals surface area contributed by atoms with Crippen LogP contribution in [0.25, 0.3) is 22.3 Å². The minimum atomic E-state index is -0.946. The molecule has 0 aromatic heterocycles. The van der Waals surface area contributed by atoms with Gasteiger partial charge in [-0.25, -0.2) is 17.6 Å². The van der Waals surface area contributed by atoms with Gasteiger partial charge in [-0.15, -0.1) is 6.58 Å². The Labute approximate surface area is 204 Å². The third kappa shape index (κ3) is 5.35. The van der Waals surface area contributed by atoms with E-state index in [0.29, 0.717) is 36.1 Å². The summed E-state index contributed by atoms with van der Waals surface area (Å²) in [6.45, 7) is 6.25. The lowest BCUT2D eigenvalue weighted by atomic mass is 9.92. The average Bonchev–Trinajstić information content (AvgIpc) is 2.89. The summed E-state index contributed by atoms with van der Waals surface area (Å²) >= 11 is 0. The molecule has 1 aliphatic rings. The number of unbranched alkanes of at least 4 members (excludes halogenated alkanes) is 2. The molecule has 2 unspecified atom stereocenters. The topological polar surface area (TPSA) is 9.23 Å². The highest BCUT2D eigenvalue weighted by molar-refractivity contribution is 5.71. The molecule has 184 valence electrons. The van der Waals surface area contributed by atoms with Gasteiger partial charge >= 0.3 is 0 Å². The van der Waals surface area contributed by atoms with Gasteiger partial charge in [-0.2, -0.15) is 0 Å². The van der Waals surface area contributed by atoms with Gasteiger partial charge in [0, 0.05) is 22.6 Å². The molecule has 2 atom stereocenters. The highest BCUT2D eigenvalue weighted by Crippen LogP contribution is 2.36. The first-order valence-corrected chi connectivity index (χ1v) is 12.2. The first-order chi connectivity index (χ1) is 16.9. The molecule has 1 saturated heterocycles. The van der Waals surface area contributed by atoms with Crippen LogP contribution in [-0.2, 0) is 11.2 Å². The third-order valence-corrected chi connectivity index (χ3v) is 6.82. The number of hydrogen-bond acceptors (Lipinski definition) is 1. The van der Waals surface area contributed by atoms with Gasteiger partial charge in [0.1, 0.15) is 0 Å². The molecular weight excluding hydrogens is 452 g/mol. The van der Waals surface area contributed by atoms with Crippen LogP contribution in [0.3, 0.4) is 0 Å². The van der Waals surface area contributed by atoms with Gasteiger partial charge in [-0.05, 0) is 42.4 Å². The summed E-state index contributed by atoms with van der Waals surface area (Å²) in [6.07, 6.45) is 6.03. The highest BCUT2D eigenvalue weighted by atomic mass is 19.2. The molecule has 0 saturated carbocycles. The normalized spacial score (nSPS) is 18.0. The van der Waals surface area contributed by atoms with E-state index < -0.39 is 29.4 Å². The average molecular weight is 483 g/mol. The molecule has 4 rings (SSSR count). The molecule has 5 heteroatoms. The van der Waals surface area contributed by atoms with Gasteiger partial charge in [-0.1, -0.05) is 74.4 Å². The van der Waals surface area contributed by atoms with Crippen LogP contribution in [0.1, 0.15) is 56.3 Å². The first kappa shape index (κ1) is 25.2. The molecule has 1 fully saturated rings. The van der Waals surface area contributed by atoms with Crippen LogP contribution in [0.2, 0.25) is 0 Å². The predicted molar refractivity (Wildman–Crippen MR) is 132 cm³/mol. The molecule has 35 heavy (non-hydrogen) atoms. The largest absolute Gasteiger partial charge is 0.373 e. The zero-order valence-corrected chi connectivity index (χ0v) is 19.9. The lowest BCUT2D eigenvalue weighted by Crippen LogP contribution is -2.20. The maximum absolute atomic E-state index is 15.0. The van der Waals surface area contributed by atoms with Crippen molar-refractivity contribution in [2.24, 2.45) is 5.92 Å². The number of benzene rings is 3. The molecule has 0 N–H and O–H groups in total. The Kier molecular flexibility index (Phi) is 8.07. The van der Waals surface area contributed by atoms with E-state index in [1.165, 1.54) is 6.07 Å². The SMILES string of the molecule is C=CC1CCC(c2ccc(-c3ccc(-c4ccc(CCCCC)c(F)c4F)cc3)c(F)c2F)OC1. The molecule has 3 aromatic rings. The van der Waals surface area contributed by atoms with Crippen LogP contribution in [0.15, 0.2) is 61.2 Å². The van der Waals surface area contributed by atoms with Crippen LogP contribution in [0.4, 0.5) is 17.6 Å². The Morgan fingerprint density at radius 2 is 1.43 bits per heavy atom. The Bertz CT molecular complexity index is 1180. The predicted octanol–water partition coefficient (Wildman–Crippen LogP) is 8.96. The number of rotatable bonds is 8. The van der Waals surface area contributed by atoms with Crippen molar-refractivity contribution >= 4 is 0 Å².